The molecule has 5 heteroatoms. The molecule has 0 fully saturated rings. The highest BCUT2D eigenvalue weighted by Gasteiger charge is 2.01. The van der Waals surface area contributed by atoms with Gasteiger partial charge >= 0.3 is 5.97 Å². The van der Waals surface area contributed by atoms with Crippen LogP contribution in [0.25, 0.3) is 0 Å². The van der Waals surface area contributed by atoms with Crippen LogP contribution in [-0.2, 0) is 19.0 Å². The Morgan fingerprint density at radius 2 is 1.52 bits per heavy atom. The van der Waals surface area contributed by atoms with E-state index in [1.165, 1.54) is 0 Å². The quantitative estimate of drug-likeness (QED) is 0.388. The SMILES string of the molecule is CCCCCC(=O)OCCOCCOCCOc1ccccc1. The van der Waals surface area contributed by atoms with Gasteiger partial charge in [-0.1, -0.05) is 38.0 Å². The zero-order valence-electron chi connectivity index (χ0n) is 14.0. The number of hydrogen-bond acceptors (Lipinski definition) is 5. The summed E-state index contributed by atoms with van der Waals surface area (Å²) in [7, 11) is 0. The lowest BCUT2D eigenvalue weighted by Crippen LogP contribution is -2.14. The summed E-state index contributed by atoms with van der Waals surface area (Å²) in [6, 6.07) is 9.63. The van der Waals surface area contributed by atoms with Crippen molar-refractivity contribution in [2.24, 2.45) is 0 Å². The summed E-state index contributed by atoms with van der Waals surface area (Å²) in [4.78, 5) is 11.3. The third-order valence-electron chi connectivity index (χ3n) is 3.09. The molecule has 0 aliphatic rings. The molecule has 130 valence electrons. The maximum absolute atomic E-state index is 11.3. The Morgan fingerprint density at radius 3 is 2.22 bits per heavy atom. The molecule has 0 saturated heterocycles. The van der Waals surface area contributed by atoms with Gasteiger partial charge in [0.15, 0.2) is 0 Å². The van der Waals surface area contributed by atoms with Crippen LogP contribution in [0.3, 0.4) is 0 Å². The van der Waals surface area contributed by atoms with Crippen LogP contribution in [0.1, 0.15) is 32.6 Å². The molecule has 0 bridgehead atoms. The van der Waals surface area contributed by atoms with Crippen LogP contribution in [0.4, 0.5) is 0 Å². The number of ether oxygens (including phenoxy) is 4. The van der Waals surface area contributed by atoms with Crippen LogP contribution in [0.5, 0.6) is 5.75 Å². The fourth-order valence-electron chi connectivity index (χ4n) is 1.86. The molecule has 0 aliphatic carbocycles. The molecule has 0 radical (unpaired) electrons. The molecule has 0 aliphatic heterocycles. The molecule has 0 saturated carbocycles. The van der Waals surface area contributed by atoms with Gasteiger partial charge in [-0.05, 0) is 18.6 Å². The number of benzene rings is 1. The number of para-hydroxylation sites is 1. The molecule has 0 aromatic heterocycles. The van der Waals surface area contributed by atoms with E-state index in [0.29, 0.717) is 46.1 Å². The second-order valence-corrected chi connectivity index (χ2v) is 5.06. The number of esters is 1. The summed E-state index contributed by atoms with van der Waals surface area (Å²) in [5.41, 5.74) is 0. The zero-order chi connectivity index (χ0) is 16.6. The minimum Gasteiger partial charge on any atom is -0.491 e. The number of hydrogen-bond donors (Lipinski definition) is 0. The summed E-state index contributed by atoms with van der Waals surface area (Å²) in [5.74, 6) is 0.699. The third-order valence-corrected chi connectivity index (χ3v) is 3.09. The van der Waals surface area contributed by atoms with Gasteiger partial charge < -0.3 is 18.9 Å². The average Bonchev–Trinajstić information content (AvgIpc) is 2.58. The van der Waals surface area contributed by atoms with Gasteiger partial charge in [0.05, 0.1) is 26.4 Å². The predicted molar refractivity (Wildman–Crippen MR) is 88.7 cm³/mol. The van der Waals surface area contributed by atoms with Gasteiger partial charge in [-0.2, -0.15) is 0 Å². The molecular formula is C18H28O5. The highest BCUT2D eigenvalue weighted by molar-refractivity contribution is 5.69. The molecule has 1 aromatic carbocycles. The highest BCUT2D eigenvalue weighted by Crippen LogP contribution is 2.07. The summed E-state index contributed by atoms with van der Waals surface area (Å²) in [5, 5.41) is 0. The zero-order valence-corrected chi connectivity index (χ0v) is 14.0. The summed E-state index contributed by atoms with van der Waals surface area (Å²) in [6.45, 7) is 4.84. The van der Waals surface area contributed by atoms with Crippen LogP contribution in [0, 0.1) is 0 Å². The maximum Gasteiger partial charge on any atom is 0.305 e. The number of carbonyl (C=O) groups is 1. The van der Waals surface area contributed by atoms with Gasteiger partial charge in [-0.25, -0.2) is 0 Å². The third kappa shape index (κ3) is 11.6. The number of rotatable bonds is 14. The molecule has 1 rings (SSSR count). The van der Waals surface area contributed by atoms with Gasteiger partial charge in [0.2, 0.25) is 0 Å². The van der Waals surface area contributed by atoms with E-state index in [9.17, 15) is 4.79 Å². The van der Waals surface area contributed by atoms with Gasteiger partial charge in [0, 0.05) is 6.42 Å². The average molecular weight is 324 g/mol. The molecule has 1 aromatic rings. The second kappa shape index (κ2) is 14.0. The van der Waals surface area contributed by atoms with E-state index in [2.05, 4.69) is 6.92 Å². The van der Waals surface area contributed by atoms with E-state index in [4.69, 9.17) is 18.9 Å². The lowest BCUT2D eigenvalue weighted by Gasteiger charge is -2.08. The van der Waals surface area contributed by atoms with E-state index in [1.54, 1.807) is 0 Å². The van der Waals surface area contributed by atoms with Crippen LogP contribution < -0.4 is 4.74 Å². The topological polar surface area (TPSA) is 54.0 Å². The van der Waals surface area contributed by atoms with Crippen molar-refractivity contribution in [3.8, 4) is 5.75 Å². The highest BCUT2D eigenvalue weighted by atomic mass is 16.6. The minimum atomic E-state index is -0.142. The Bertz CT molecular complexity index is 394. The molecule has 23 heavy (non-hydrogen) atoms. The Labute approximate surface area is 138 Å². The molecular weight excluding hydrogens is 296 g/mol. The molecule has 0 atom stereocenters. The summed E-state index contributed by atoms with van der Waals surface area (Å²) in [6.07, 6.45) is 3.57. The van der Waals surface area contributed by atoms with Crippen molar-refractivity contribution in [3.63, 3.8) is 0 Å². The van der Waals surface area contributed by atoms with Crippen LogP contribution >= 0.6 is 0 Å². The van der Waals surface area contributed by atoms with Crippen LogP contribution in [0.2, 0.25) is 0 Å². The molecule has 0 amide bonds. The minimum absolute atomic E-state index is 0.142. The first-order chi connectivity index (χ1) is 11.3. The smallest absolute Gasteiger partial charge is 0.305 e. The van der Waals surface area contributed by atoms with E-state index < -0.39 is 0 Å². The van der Waals surface area contributed by atoms with Crippen molar-refractivity contribution in [2.75, 3.05) is 39.6 Å². The lowest BCUT2D eigenvalue weighted by molar-refractivity contribution is -0.145. The van der Waals surface area contributed by atoms with E-state index in [-0.39, 0.29) is 5.97 Å². The Morgan fingerprint density at radius 1 is 0.870 bits per heavy atom. The fourth-order valence-corrected chi connectivity index (χ4v) is 1.86. The first kappa shape index (κ1) is 19.5. The summed E-state index contributed by atoms with van der Waals surface area (Å²) < 4.78 is 21.3. The van der Waals surface area contributed by atoms with Crippen molar-refractivity contribution in [1.29, 1.82) is 0 Å². The van der Waals surface area contributed by atoms with Crippen LogP contribution in [0.15, 0.2) is 30.3 Å². The Hall–Kier alpha value is -1.59. The molecule has 0 heterocycles. The van der Waals surface area contributed by atoms with E-state index in [1.807, 2.05) is 30.3 Å². The molecule has 0 unspecified atom stereocenters. The van der Waals surface area contributed by atoms with E-state index >= 15 is 0 Å². The van der Waals surface area contributed by atoms with Crippen molar-refractivity contribution in [3.05, 3.63) is 30.3 Å². The van der Waals surface area contributed by atoms with Gasteiger partial charge in [-0.15, -0.1) is 0 Å². The van der Waals surface area contributed by atoms with Crippen molar-refractivity contribution < 1.29 is 23.7 Å². The van der Waals surface area contributed by atoms with Gasteiger partial charge in [0.25, 0.3) is 0 Å². The second-order valence-electron chi connectivity index (χ2n) is 5.06. The van der Waals surface area contributed by atoms with Gasteiger partial charge in [-0.3, -0.25) is 4.79 Å². The maximum atomic E-state index is 11.3. The monoisotopic (exact) mass is 324 g/mol. The number of carbonyl (C=O) groups excluding carboxylic acids is 1. The standard InChI is InChI=1S/C18H28O5/c1-2-3-5-10-18(19)23-16-14-21-12-11-20-13-15-22-17-8-6-4-7-9-17/h4,6-9H,2-3,5,10-16H2,1H3. The van der Waals surface area contributed by atoms with Crippen LogP contribution in [-0.4, -0.2) is 45.6 Å². The van der Waals surface area contributed by atoms with Crippen molar-refractivity contribution >= 4 is 5.97 Å². The van der Waals surface area contributed by atoms with Crippen molar-refractivity contribution in [2.45, 2.75) is 32.6 Å². The first-order valence-corrected chi connectivity index (χ1v) is 8.32. The number of unbranched alkanes of at least 4 members (excludes halogenated alkanes) is 2. The fraction of sp³-hybridized carbons (Fsp3) is 0.611. The predicted octanol–water partition coefficient (Wildman–Crippen LogP) is 3.22. The largest absolute Gasteiger partial charge is 0.491 e. The molecule has 0 N–H and O–H groups in total. The summed E-state index contributed by atoms with van der Waals surface area (Å²) >= 11 is 0. The Kier molecular flexibility index (Phi) is 11.9. The molecule has 0 spiro atoms. The Balaban J connectivity index is 1.80. The van der Waals surface area contributed by atoms with E-state index in [0.717, 1.165) is 25.0 Å². The van der Waals surface area contributed by atoms with Gasteiger partial charge in [0.1, 0.15) is 19.0 Å². The first-order valence-electron chi connectivity index (χ1n) is 8.32. The molecule has 5 nitrogen and oxygen atoms in total. The lowest BCUT2D eigenvalue weighted by atomic mass is 10.2. The normalized spacial score (nSPS) is 10.5. The van der Waals surface area contributed by atoms with Crippen molar-refractivity contribution in [1.82, 2.24) is 0 Å².